The minimum atomic E-state index is -0.897. The van der Waals surface area contributed by atoms with Gasteiger partial charge in [0.15, 0.2) is 0 Å². The van der Waals surface area contributed by atoms with Crippen LogP contribution in [0.5, 0.6) is 17.2 Å². The molecule has 0 aliphatic carbocycles. The van der Waals surface area contributed by atoms with Crippen LogP contribution in [0.1, 0.15) is 32.8 Å². The first kappa shape index (κ1) is 21.4. The zero-order valence-corrected chi connectivity index (χ0v) is 17.7. The Morgan fingerprint density at radius 3 is 2.63 bits per heavy atom. The smallest absolute Gasteiger partial charge is 0.307 e. The summed E-state index contributed by atoms with van der Waals surface area (Å²) in [6.45, 7) is 7.67. The highest BCUT2D eigenvalue weighted by molar-refractivity contribution is 5.70. The Morgan fingerprint density at radius 2 is 1.90 bits per heavy atom. The zero-order chi connectivity index (χ0) is 21.5. The second-order valence-electron chi connectivity index (χ2n) is 7.62. The summed E-state index contributed by atoms with van der Waals surface area (Å²) in [7, 11) is 0. The van der Waals surface area contributed by atoms with E-state index >= 15 is 0 Å². The number of hydrogen-bond donors (Lipinski definition) is 1. The fourth-order valence-electron chi connectivity index (χ4n) is 3.12. The van der Waals surface area contributed by atoms with E-state index in [1.807, 2.05) is 48.3 Å². The molecular weight excluding hydrogens is 380 g/mol. The molecule has 3 aromatic rings. The number of carboxylic acids is 1. The highest BCUT2D eigenvalue weighted by atomic mass is 16.5. The lowest BCUT2D eigenvalue weighted by Gasteiger charge is -2.11. The largest absolute Gasteiger partial charge is 0.494 e. The molecule has 0 radical (unpaired) electrons. The summed E-state index contributed by atoms with van der Waals surface area (Å²) in [5.74, 6) is 1.53. The third-order valence-electron chi connectivity index (χ3n) is 4.58. The summed E-state index contributed by atoms with van der Waals surface area (Å²) >= 11 is 0. The van der Waals surface area contributed by atoms with E-state index in [1.165, 1.54) is 0 Å². The molecule has 0 bridgehead atoms. The van der Waals surface area contributed by atoms with E-state index < -0.39 is 5.97 Å². The van der Waals surface area contributed by atoms with Crippen LogP contribution in [0.2, 0.25) is 0 Å². The van der Waals surface area contributed by atoms with Crippen LogP contribution in [0.4, 0.5) is 0 Å². The van der Waals surface area contributed by atoms with E-state index in [9.17, 15) is 4.79 Å². The summed E-state index contributed by atoms with van der Waals surface area (Å²) in [5.41, 5.74) is 2.67. The lowest BCUT2D eigenvalue weighted by atomic mass is 10.1. The van der Waals surface area contributed by atoms with Gasteiger partial charge in [-0.25, -0.2) is 0 Å². The number of aryl methyl sites for hydroxylation is 1. The zero-order valence-electron chi connectivity index (χ0n) is 17.7. The molecule has 30 heavy (non-hydrogen) atoms. The molecule has 0 saturated carbocycles. The average Bonchev–Trinajstić information content (AvgIpc) is 3.15. The molecule has 0 unspecified atom stereocenters. The van der Waals surface area contributed by atoms with Crippen LogP contribution in [-0.4, -0.2) is 27.5 Å². The van der Waals surface area contributed by atoms with Gasteiger partial charge in [0.25, 0.3) is 0 Å². The van der Waals surface area contributed by atoms with E-state index in [2.05, 4.69) is 18.9 Å². The number of carboxylic acid groups (broad SMARTS) is 1. The van der Waals surface area contributed by atoms with Crippen LogP contribution in [0.25, 0.3) is 11.1 Å². The quantitative estimate of drug-likeness (QED) is 0.485. The minimum absolute atomic E-state index is 0.0904. The van der Waals surface area contributed by atoms with Crippen molar-refractivity contribution >= 4 is 5.97 Å². The van der Waals surface area contributed by atoms with Crippen molar-refractivity contribution < 1.29 is 19.4 Å². The lowest BCUT2D eigenvalue weighted by molar-refractivity contribution is -0.136. The molecule has 0 aliphatic rings. The van der Waals surface area contributed by atoms with Gasteiger partial charge in [0.05, 0.1) is 19.2 Å². The highest BCUT2D eigenvalue weighted by Gasteiger charge is 2.09. The van der Waals surface area contributed by atoms with Gasteiger partial charge in [-0.05, 0) is 54.7 Å². The van der Waals surface area contributed by atoms with Gasteiger partial charge < -0.3 is 14.6 Å². The Balaban J connectivity index is 1.79. The fraction of sp³-hybridized carbons (Fsp3) is 0.333. The molecule has 0 spiro atoms. The van der Waals surface area contributed by atoms with Gasteiger partial charge in [-0.2, -0.15) is 5.10 Å². The number of rotatable bonds is 10. The molecule has 1 aromatic heterocycles. The van der Waals surface area contributed by atoms with Crippen molar-refractivity contribution in [1.82, 2.24) is 9.78 Å². The molecular formula is C24H28N2O4. The molecule has 3 rings (SSSR count). The van der Waals surface area contributed by atoms with E-state index in [0.717, 1.165) is 24.1 Å². The van der Waals surface area contributed by atoms with Crippen molar-refractivity contribution in [2.45, 2.75) is 40.2 Å². The number of aliphatic carboxylic acids is 1. The summed E-state index contributed by atoms with van der Waals surface area (Å²) in [6.07, 6.45) is 4.90. The monoisotopic (exact) mass is 408 g/mol. The predicted molar refractivity (Wildman–Crippen MR) is 116 cm³/mol. The molecule has 1 N–H and O–H groups in total. The first-order chi connectivity index (χ1) is 14.4. The molecule has 0 saturated heterocycles. The second kappa shape index (κ2) is 9.96. The highest BCUT2D eigenvalue weighted by Crippen LogP contribution is 2.30. The Hall–Kier alpha value is -3.28. The SMILES string of the molecule is CCOc1cc(CC(=O)O)cc(Oc2cccc(-c3cnn(CCC(C)C)c3)c2)c1. The molecule has 6 nitrogen and oxygen atoms in total. The van der Waals surface area contributed by atoms with Crippen LogP contribution in [0.3, 0.4) is 0 Å². The number of nitrogens with zero attached hydrogens (tertiary/aromatic N) is 2. The van der Waals surface area contributed by atoms with Gasteiger partial charge in [0.2, 0.25) is 0 Å². The van der Waals surface area contributed by atoms with Gasteiger partial charge in [0.1, 0.15) is 17.2 Å². The maximum atomic E-state index is 11.1. The third kappa shape index (κ3) is 6.11. The van der Waals surface area contributed by atoms with Gasteiger partial charge in [-0.1, -0.05) is 26.0 Å². The van der Waals surface area contributed by atoms with Crippen molar-refractivity contribution in [3.05, 3.63) is 60.4 Å². The van der Waals surface area contributed by atoms with Crippen LogP contribution < -0.4 is 9.47 Å². The summed E-state index contributed by atoms with van der Waals surface area (Å²) in [6, 6.07) is 13.0. The maximum absolute atomic E-state index is 11.1. The minimum Gasteiger partial charge on any atom is -0.494 e. The first-order valence-corrected chi connectivity index (χ1v) is 10.2. The molecule has 0 fully saturated rings. The van der Waals surface area contributed by atoms with Crippen molar-refractivity contribution in [3.8, 4) is 28.4 Å². The van der Waals surface area contributed by atoms with E-state index in [-0.39, 0.29) is 6.42 Å². The molecule has 1 heterocycles. The number of carbonyl (C=O) groups is 1. The summed E-state index contributed by atoms with van der Waals surface area (Å²) < 4.78 is 13.6. The third-order valence-corrected chi connectivity index (χ3v) is 4.58. The second-order valence-corrected chi connectivity index (χ2v) is 7.62. The summed E-state index contributed by atoms with van der Waals surface area (Å²) in [4.78, 5) is 11.1. The van der Waals surface area contributed by atoms with Crippen LogP contribution in [-0.2, 0) is 17.8 Å². The van der Waals surface area contributed by atoms with Crippen molar-refractivity contribution in [1.29, 1.82) is 0 Å². The maximum Gasteiger partial charge on any atom is 0.307 e. The van der Waals surface area contributed by atoms with E-state index in [0.29, 0.717) is 35.3 Å². The van der Waals surface area contributed by atoms with Crippen LogP contribution in [0, 0.1) is 5.92 Å². The average molecular weight is 408 g/mol. The van der Waals surface area contributed by atoms with Crippen molar-refractivity contribution in [2.75, 3.05) is 6.61 Å². The van der Waals surface area contributed by atoms with Crippen LogP contribution in [0.15, 0.2) is 54.9 Å². The predicted octanol–water partition coefficient (Wildman–Crippen LogP) is 5.41. The number of hydrogen-bond acceptors (Lipinski definition) is 4. The number of benzene rings is 2. The van der Waals surface area contributed by atoms with Crippen molar-refractivity contribution in [2.24, 2.45) is 5.92 Å². The molecule has 158 valence electrons. The van der Waals surface area contributed by atoms with Crippen LogP contribution >= 0.6 is 0 Å². The molecule has 0 amide bonds. The lowest BCUT2D eigenvalue weighted by Crippen LogP contribution is -2.01. The topological polar surface area (TPSA) is 73.6 Å². The normalized spacial score (nSPS) is 10.9. The Labute approximate surface area is 177 Å². The van der Waals surface area contributed by atoms with Gasteiger partial charge in [-0.3, -0.25) is 9.48 Å². The Bertz CT molecular complexity index is 994. The van der Waals surface area contributed by atoms with Crippen molar-refractivity contribution in [3.63, 3.8) is 0 Å². The van der Waals surface area contributed by atoms with Gasteiger partial charge in [-0.15, -0.1) is 0 Å². The van der Waals surface area contributed by atoms with Gasteiger partial charge >= 0.3 is 5.97 Å². The summed E-state index contributed by atoms with van der Waals surface area (Å²) in [5, 5.41) is 13.6. The van der Waals surface area contributed by atoms with Gasteiger partial charge in [0, 0.05) is 24.4 Å². The van der Waals surface area contributed by atoms with E-state index in [4.69, 9.17) is 14.6 Å². The molecule has 2 aromatic carbocycles. The fourth-order valence-corrected chi connectivity index (χ4v) is 3.12. The first-order valence-electron chi connectivity index (χ1n) is 10.2. The molecule has 6 heteroatoms. The standard InChI is InChI=1S/C24H28N2O4/c1-4-29-22-10-18(12-24(27)28)11-23(14-22)30-21-7-5-6-19(13-21)20-15-25-26(16-20)9-8-17(2)3/h5-7,10-11,13-17H,4,8-9,12H2,1-3H3,(H,27,28). The Morgan fingerprint density at radius 1 is 1.10 bits per heavy atom. The molecule has 0 aliphatic heterocycles. The molecule has 0 atom stereocenters. The van der Waals surface area contributed by atoms with E-state index in [1.54, 1.807) is 18.2 Å². The number of ether oxygens (including phenoxy) is 2. The Kier molecular flexibility index (Phi) is 7.12. The number of aromatic nitrogens is 2.